The summed E-state index contributed by atoms with van der Waals surface area (Å²) in [4.78, 5) is 11.9. The van der Waals surface area contributed by atoms with Crippen LogP contribution in [0.15, 0.2) is 40.9 Å². The molecule has 0 aromatic heterocycles. The van der Waals surface area contributed by atoms with Crippen LogP contribution in [0, 0.1) is 6.92 Å². The number of esters is 1. The van der Waals surface area contributed by atoms with Gasteiger partial charge < -0.3 is 15.8 Å². The fourth-order valence-corrected chi connectivity index (χ4v) is 2.26. The number of nitrogens with one attached hydrogen (secondary N) is 1. The lowest BCUT2D eigenvalue weighted by molar-refractivity contribution is 0.0527. The maximum absolute atomic E-state index is 11.9. The number of carbonyl (C=O) groups excluding carboxylic acids is 1. The van der Waals surface area contributed by atoms with Gasteiger partial charge in [-0.25, -0.2) is 4.79 Å². The Morgan fingerprint density at radius 3 is 2.76 bits per heavy atom. The quantitative estimate of drug-likeness (QED) is 0.639. The largest absolute Gasteiger partial charge is 0.462 e. The summed E-state index contributed by atoms with van der Waals surface area (Å²) in [5.41, 5.74) is 9.44. The second-order valence-electron chi connectivity index (χ2n) is 4.63. The van der Waals surface area contributed by atoms with Crippen LogP contribution in [0.3, 0.4) is 0 Å². The molecule has 110 valence electrons. The Morgan fingerprint density at radius 1 is 1.29 bits per heavy atom. The maximum Gasteiger partial charge on any atom is 0.340 e. The van der Waals surface area contributed by atoms with Crippen molar-refractivity contribution in [2.75, 3.05) is 17.7 Å². The smallest absolute Gasteiger partial charge is 0.340 e. The Balaban J connectivity index is 2.31. The molecule has 0 bridgehead atoms. The lowest BCUT2D eigenvalue weighted by Crippen LogP contribution is -2.08. The van der Waals surface area contributed by atoms with Crippen LogP contribution in [0.2, 0.25) is 0 Å². The molecule has 0 aliphatic heterocycles. The number of rotatable bonds is 4. The van der Waals surface area contributed by atoms with Gasteiger partial charge in [0.25, 0.3) is 0 Å². The third-order valence-corrected chi connectivity index (χ3v) is 3.64. The number of anilines is 3. The molecular formula is C16H17BrN2O2. The van der Waals surface area contributed by atoms with E-state index in [1.54, 1.807) is 19.1 Å². The van der Waals surface area contributed by atoms with E-state index < -0.39 is 5.97 Å². The van der Waals surface area contributed by atoms with E-state index in [9.17, 15) is 4.79 Å². The van der Waals surface area contributed by atoms with Crippen molar-refractivity contribution in [3.63, 3.8) is 0 Å². The summed E-state index contributed by atoms with van der Waals surface area (Å²) in [7, 11) is 0. The molecule has 2 aromatic rings. The molecule has 0 atom stereocenters. The molecule has 0 saturated heterocycles. The van der Waals surface area contributed by atoms with Gasteiger partial charge in [0, 0.05) is 15.8 Å². The summed E-state index contributed by atoms with van der Waals surface area (Å²) in [5, 5.41) is 3.27. The van der Waals surface area contributed by atoms with Crippen LogP contribution in [-0.2, 0) is 4.74 Å². The summed E-state index contributed by atoms with van der Waals surface area (Å²) in [6.45, 7) is 4.10. The van der Waals surface area contributed by atoms with Crippen molar-refractivity contribution in [2.24, 2.45) is 0 Å². The van der Waals surface area contributed by atoms with Gasteiger partial charge in [-0.2, -0.15) is 0 Å². The highest BCUT2D eigenvalue weighted by molar-refractivity contribution is 9.10. The van der Waals surface area contributed by atoms with Crippen molar-refractivity contribution in [1.82, 2.24) is 0 Å². The zero-order valence-corrected chi connectivity index (χ0v) is 13.5. The fourth-order valence-electron chi connectivity index (χ4n) is 1.91. The second kappa shape index (κ2) is 6.63. The van der Waals surface area contributed by atoms with Gasteiger partial charge >= 0.3 is 5.97 Å². The molecule has 0 saturated carbocycles. The van der Waals surface area contributed by atoms with Crippen molar-refractivity contribution in [2.45, 2.75) is 13.8 Å². The zero-order valence-electron chi connectivity index (χ0n) is 11.9. The van der Waals surface area contributed by atoms with Crippen LogP contribution < -0.4 is 11.1 Å². The monoisotopic (exact) mass is 348 g/mol. The Kier molecular flexibility index (Phi) is 4.85. The van der Waals surface area contributed by atoms with Gasteiger partial charge in [0.05, 0.1) is 17.9 Å². The average molecular weight is 349 g/mol. The lowest BCUT2D eigenvalue weighted by atomic mass is 10.1. The molecule has 0 fully saturated rings. The Bertz CT molecular complexity index is 671. The third kappa shape index (κ3) is 3.76. The molecule has 0 aliphatic carbocycles. The SMILES string of the molecule is CCOC(=O)c1cc(Nc2cc(C)ccc2Br)ccc1N. The molecule has 0 aliphatic rings. The van der Waals surface area contributed by atoms with E-state index in [4.69, 9.17) is 10.5 Å². The van der Waals surface area contributed by atoms with E-state index in [1.807, 2.05) is 31.2 Å². The van der Waals surface area contributed by atoms with E-state index in [0.717, 1.165) is 21.4 Å². The Morgan fingerprint density at radius 2 is 2.05 bits per heavy atom. The standard InChI is InChI=1S/C16H17BrN2O2/c1-3-21-16(20)12-9-11(5-7-14(12)18)19-15-8-10(2)4-6-13(15)17/h4-9,19H,3,18H2,1-2H3. The minimum Gasteiger partial charge on any atom is -0.462 e. The molecule has 2 aromatic carbocycles. The summed E-state index contributed by atoms with van der Waals surface area (Å²) in [5.74, 6) is -0.415. The van der Waals surface area contributed by atoms with Gasteiger partial charge in [-0.1, -0.05) is 6.07 Å². The summed E-state index contributed by atoms with van der Waals surface area (Å²) in [6, 6.07) is 11.2. The predicted octanol–water partition coefficient (Wildman–Crippen LogP) is 4.26. The van der Waals surface area contributed by atoms with Crippen LogP contribution in [-0.4, -0.2) is 12.6 Å². The first kappa shape index (κ1) is 15.4. The number of hydrogen-bond acceptors (Lipinski definition) is 4. The molecular weight excluding hydrogens is 332 g/mol. The number of ether oxygens (including phenoxy) is 1. The molecule has 2 rings (SSSR count). The zero-order chi connectivity index (χ0) is 15.4. The minimum absolute atomic E-state index is 0.319. The van der Waals surface area contributed by atoms with Gasteiger partial charge in [-0.05, 0) is 65.7 Å². The number of hydrogen-bond donors (Lipinski definition) is 2. The topological polar surface area (TPSA) is 64.3 Å². The first-order valence-electron chi connectivity index (χ1n) is 6.61. The number of carbonyl (C=O) groups is 1. The van der Waals surface area contributed by atoms with E-state index >= 15 is 0 Å². The summed E-state index contributed by atoms with van der Waals surface area (Å²) < 4.78 is 5.95. The summed E-state index contributed by atoms with van der Waals surface area (Å²) in [6.07, 6.45) is 0. The number of nitrogen functional groups attached to an aromatic ring is 1. The van der Waals surface area contributed by atoms with Gasteiger partial charge in [-0.15, -0.1) is 0 Å². The number of nitrogens with two attached hydrogens (primary N) is 1. The Hall–Kier alpha value is -2.01. The summed E-state index contributed by atoms with van der Waals surface area (Å²) >= 11 is 3.50. The van der Waals surface area contributed by atoms with E-state index in [0.29, 0.717) is 17.9 Å². The van der Waals surface area contributed by atoms with Crippen LogP contribution in [0.5, 0.6) is 0 Å². The third-order valence-electron chi connectivity index (χ3n) is 2.95. The van der Waals surface area contributed by atoms with Gasteiger partial charge in [0.1, 0.15) is 0 Å². The fraction of sp³-hybridized carbons (Fsp3) is 0.188. The second-order valence-corrected chi connectivity index (χ2v) is 5.49. The first-order chi connectivity index (χ1) is 10.0. The van der Waals surface area contributed by atoms with Gasteiger partial charge in [0.2, 0.25) is 0 Å². The molecule has 3 N–H and O–H groups in total. The van der Waals surface area contributed by atoms with Gasteiger partial charge in [0.15, 0.2) is 0 Å². The first-order valence-corrected chi connectivity index (χ1v) is 7.40. The highest BCUT2D eigenvalue weighted by atomic mass is 79.9. The lowest BCUT2D eigenvalue weighted by Gasteiger charge is -2.12. The van der Waals surface area contributed by atoms with E-state index in [-0.39, 0.29) is 0 Å². The van der Waals surface area contributed by atoms with Crippen LogP contribution in [0.1, 0.15) is 22.8 Å². The van der Waals surface area contributed by atoms with Crippen molar-refractivity contribution in [3.05, 3.63) is 52.0 Å². The highest BCUT2D eigenvalue weighted by Crippen LogP contribution is 2.28. The highest BCUT2D eigenvalue weighted by Gasteiger charge is 2.12. The van der Waals surface area contributed by atoms with Gasteiger partial charge in [-0.3, -0.25) is 0 Å². The van der Waals surface area contributed by atoms with Crippen LogP contribution >= 0.6 is 15.9 Å². The Labute approximate surface area is 132 Å². The molecule has 0 heterocycles. The molecule has 0 amide bonds. The van der Waals surface area contributed by atoms with Crippen LogP contribution in [0.25, 0.3) is 0 Å². The molecule has 0 radical (unpaired) electrons. The van der Waals surface area contributed by atoms with Crippen LogP contribution in [0.4, 0.5) is 17.1 Å². The number of benzene rings is 2. The molecule has 0 unspecified atom stereocenters. The molecule has 21 heavy (non-hydrogen) atoms. The molecule has 0 spiro atoms. The minimum atomic E-state index is -0.415. The maximum atomic E-state index is 11.9. The number of aryl methyl sites for hydroxylation is 1. The van der Waals surface area contributed by atoms with Crippen molar-refractivity contribution in [3.8, 4) is 0 Å². The predicted molar refractivity (Wildman–Crippen MR) is 89.0 cm³/mol. The molecule has 5 heteroatoms. The average Bonchev–Trinajstić information content (AvgIpc) is 2.45. The van der Waals surface area contributed by atoms with Crippen molar-refractivity contribution >= 4 is 39.0 Å². The van der Waals surface area contributed by atoms with Crippen molar-refractivity contribution < 1.29 is 9.53 Å². The van der Waals surface area contributed by atoms with E-state index in [2.05, 4.69) is 21.2 Å². The van der Waals surface area contributed by atoms with E-state index in [1.165, 1.54) is 0 Å². The van der Waals surface area contributed by atoms with Crippen molar-refractivity contribution in [1.29, 1.82) is 0 Å². The number of halogens is 1. The normalized spacial score (nSPS) is 10.2. The molecule has 4 nitrogen and oxygen atoms in total.